The highest BCUT2D eigenvalue weighted by atomic mass is 32.2. The van der Waals surface area contributed by atoms with Gasteiger partial charge in [-0.25, -0.2) is 4.79 Å². The largest absolute Gasteiger partial charge is 0.510 e. The number of likely N-dealkylation sites (tertiary alicyclic amines) is 1. The fraction of sp³-hybridized carbons (Fsp3) is 0.318. The fourth-order valence-electron chi connectivity index (χ4n) is 3.68. The van der Waals surface area contributed by atoms with E-state index in [1.54, 1.807) is 0 Å². The number of rotatable bonds is 7. The van der Waals surface area contributed by atoms with Crippen molar-refractivity contribution in [2.45, 2.75) is 44.2 Å². The van der Waals surface area contributed by atoms with Gasteiger partial charge < -0.3 is 9.84 Å². The van der Waals surface area contributed by atoms with Gasteiger partial charge in [0, 0.05) is 18.6 Å². The van der Waals surface area contributed by atoms with Crippen molar-refractivity contribution in [2.75, 3.05) is 0 Å². The van der Waals surface area contributed by atoms with Crippen molar-refractivity contribution in [3.8, 4) is 0 Å². The zero-order chi connectivity index (χ0) is 22.8. The lowest BCUT2D eigenvalue weighted by molar-refractivity contribution is -0.384. The first-order valence-electron chi connectivity index (χ1n) is 10.1. The van der Waals surface area contributed by atoms with Crippen LogP contribution in [0.3, 0.4) is 0 Å². The van der Waals surface area contributed by atoms with E-state index in [1.165, 1.54) is 53.4 Å². The van der Waals surface area contributed by atoms with Crippen LogP contribution in [0.4, 0.5) is 5.69 Å². The number of hydrogen-bond acceptors (Lipinski definition) is 8. The number of fused-ring (bicyclic) bond motifs is 1. The van der Waals surface area contributed by atoms with Gasteiger partial charge in [-0.15, -0.1) is 0 Å². The van der Waals surface area contributed by atoms with E-state index < -0.39 is 16.9 Å². The van der Waals surface area contributed by atoms with Gasteiger partial charge in [0.1, 0.15) is 17.7 Å². The molecule has 1 aliphatic carbocycles. The molecule has 4 rings (SSSR count). The van der Waals surface area contributed by atoms with Crippen LogP contribution in [-0.4, -0.2) is 43.3 Å². The quantitative estimate of drug-likeness (QED) is 0.166. The lowest BCUT2D eigenvalue weighted by Crippen LogP contribution is -2.61. The van der Waals surface area contributed by atoms with Crippen molar-refractivity contribution >= 4 is 34.4 Å². The van der Waals surface area contributed by atoms with E-state index in [1.807, 2.05) is 6.08 Å². The molecule has 2 aliphatic heterocycles. The van der Waals surface area contributed by atoms with Crippen molar-refractivity contribution < 1.29 is 24.4 Å². The van der Waals surface area contributed by atoms with Crippen LogP contribution in [0.25, 0.3) is 0 Å². The Balaban J connectivity index is 1.40. The lowest BCUT2D eigenvalue weighted by Gasteiger charge is -2.41. The minimum absolute atomic E-state index is 0.0712. The third-order valence-corrected chi connectivity index (χ3v) is 6.56. The summed E-state index contributed by atoms with van der Waals surface area (Å²) in [5, 5.41) is 21.3. The van der Waals surface area contributed by atoms with Crippen molar-refractivity contribution in [1.29, 1.82) is 0 Å². The van der Waals surface area contributed by atoms with Gasteiger partial charge in [-0.3, -0.25) is 24.8 Å². The summed E-state index contributed by atoms with van der Waals surface area (Å²) in [6.07, 6.45) is 8.79. The molecule has 2 unspecified atom stereocenters. The number of hydrogen-bond donors (Lipinski definition) is 1. The van der Waals surface area contributed by atoms with E-state index in [2.05, 4.69) is 17.1 Å². The number of ether oxygens (including phenoxy) is 1. The average Bonchev–Trinajstić information content (AvgIpc) is 3.15. The van der Waals surface area contributed by atoms with Crippen molar-refractivity contribution in [2.24, 2.45) is 4.99 Å². The van der Waals surface area contributed by atoms with Gasteiger partial charge in [0.2, 0.25) is 0 Å². The Labute approximate surface area is 188 Å². The maximum atomic E-state index is 12.7. The van der Waals surface area contributed by atoms with Crippen LogP contribution in [0.2, 0.25) is 0 Å². The van der Waals surface area contributed by atoms with E-state index in [4.69, 9.17) is 4.74 Å². The molecule has 1 saturated heterocycles. The Morgan fingerprint density at radius 1 is 1.38 bits per heavy atom. The number of nitrogens with zero attached hydrogens (tertiary/aromatic N) is 3. The number of amides is 1. The average molecular weight is 455 g/mol. The molecule has 10 heteroatoms. The summed E-state index contributed by atoms with van der Waals surface area (Å²) in [5.74, 6) is -1.52. The summed E-state index contributed by atoms with van der Waals surface area (Å²) >= 11 is 1.42. The maximum Gasteiger partial charge on any atom is 0.358 e. The number of carbonyl (C=O) groups is 2. The molecule has 2 atom stereocenters. The standard InChI is InChI=1S/C22H21N3O6S/c1-13(26)19(22(28)31-12-15-7-9-16(10-8-15)25(29)30)24-20(27)18-21(24)32-17(23-18)11-14-5-3-2-4-6-14/h2-3,5,7-10,18,21,26H,4,6,11-12H2,1H3. The predicted octanol–water partition coefficient (Wildman–Crippen LogP) is 3.78. The summed E-state index contributed by atoms with van der Waals surface area (Å²) in [4.78, 5) is 41.3. The molecule has 0 saturated carbocycles. The summed E-state index contributed by atoms with van der Waals surface area (Å²) in [7, 11) is 0. The van der Waals surface area contributed by atoms with Crippen molar-refractivity contribution in [1.82, 2.24) is 4.90 Å². The van der Waals surface area contributed by atoms with E-state index in [-0.39, 0.29) is 35.0 Å². The van der Waals surface area contributed by atoms with Crippen LogP contribution in [0, 0.1) is 10.1 Å². The van der Waals surface area contributed by atoms with Crippen LogP contribution in [0.5, 0.6) is 0 Å². The van der Waals surface area contributed by atoms with Crippen molar-refractivity contribution in [3.63, 3.8) is 0 Å². The van der Waals surface area contributed by atoms with E-state index >= 15 is 0 Å². The first kappa shape index (κ1) is 21.8. The first-order chi connectivity index (χ1) is 15.3. The number of allylic oxidation sites excluding steroid dienone is 5. The zero-order valence-electron chi connectivity index (χ0n) is 17.3. The molecule has 0 spiro atoms. The predicted molar refractivity (Wildman–Crippen MR) is 119 cm³/mol. The summed E-state index contributed by atoms with van der Waals surface area (Å²) in [5.41, 5.74) is 1.51. The number of nitro benzene ring substituents is 1. The minimum Gasteiger partial charge on any atom is -0.510 e. The smallest absolute Gasteiger partial charge is 0.358 e. The molecule has 32 heavy (non-hydrogen) atoms. The van der Waals surface area contributed by atoms with Gasteiger partial charge >= 0.3 is 5.97 Å². The normalized spacial score (nSPS) is 22.4. The molecule has 2 heterocycles. The molecule has 1 amide bonds. The molecule has 9 nitrogen and oxygen atoms in total. The van der Waals surface area contributed by atoms with Gasteiger partial charge in [-0.1, -0.05) is 35.6 Å². The van der Waals surface area contributed by atoms with Gasteiger partial charge in [-0.05, 0) is 37.5 Å². The second-order valence-corrected chi connectivity index (χ2v) is 8.78. The molecule has 3 aliphatic rings. The molecular formula is C22H21N3O6S. The summed E-state index contributed by atoms with van der Waals surface area (Å²) in [6.45, 7) is 1.17. The number of benzene rings is 1. The number of non-ortho nitro benzene ring substituents is 1. The van der Waals surface area contributed by atoms with Gasteiger partial charge in [0.15, 0.2) is 11.7 Å². The molecular weight excluding hydrogens is 434 g/mol. The van der Waals surface area contributed by atoms with Crippen LogP contribution >= 0.6 is 11.8 Å². The fourth-order valence-corrected chi connectivity index (χ4v) is 5.02. The van der Waals surface area contributed by atoms with Gasteiger partial charge in [0.05, 0.1) is 9.97 Å². The van der Waals surface area contributed by atoms with E-state index in [9.17, 15) is 24.8 Å². The molecule has 1 aromatic carbocycles. The van der Waals surface area contributed by atoms with Crippen LogP contribution < -0.4 is 0 Å². The Kier molecular flexibility index (Phi) is 6.13. The number of aliphatic hydroxyl groups excluding tert-OH is 1. The van der Waals surface area contributed by atoms with Gasteiger partial charge in [0.25, 0.3) is 11.6 Å². The number of thioether (sulfide) groups is 1. The molecule has 0 bridgehead atoms. The number of esters is 1. The number of nitro groups is 1. The number of aliphatic imine (C=N–C) groups is 1. The topological polar surface area (TPSA) is 122 Å². The zero-order valence-corrected chi connectivity index (χ0v) is 18.1. The third-order valence-electron chi connectivity index (χ3n) is 5.33. The second kappa shape index (κ2) is 8.99. The lowest BCUT2D eigenvalue weighted by atomic mass is 10.0. The molecule has 0 aromatic heterocycles. The summed E-state index contributed by atoms with van der Waals surface area (Å²) in [6, 6.07) is 5.02. The van der Waals surface area contributed by atoms with E-state index in [0.717, 1.165) is 17.9 Å². The molecule has 166 valence electrons. The first-order valence-corrected chi connectivity index (χ1v) is 10.9. The SMILES string of the molecule is CC(O)=C(C(=O)OCc1ccc([N+](=O)[O-])cc1)N1C(=O)C2N=C(CC3=CC=CCC3)SC21. The van der Waals surface area contributed by atoms with Crippen LogP contribution in [-0.2, 0) is 20.9 Å². The number of aliphatic hydroxyl groups is 1. The highest BCUT2D eigenvalue weighted by molar-refractivity contribution is 8.14. The third kappa shape index (κ3) is 4.31. The minimum atomic E-state index is -0.843. The number of carbonyl (C=O) groups excluding carboxylic acids is 2. The Hall–Kier alpha value is -3.40. The number of β-lactam (4-membered cyclic amide) rings is 1. The molecule has 1 N–H and O–H groups in total. The highest BCUT2D eigenvalue weighted by Crippen LogP contribution is 2.43. The maximum absolute atomic E-state index is 12.7. The Morgan fingerprint density at radius 2 is 2.12 bits per heavy atom. The Bertz CT molecular complexity index is 1090. The van der Waals surface area contributed by atoms with Crippen LogP contribution in [0.15, 0.2) is 64.5 Å². The van der Waals surface area contributed by atoms with Crippen LogP contribution in [0.1, 0.15) is 31.7 Å². The highest BCUT2D eigenvalue weighted by Gasteiger charge is 2.55. The molecule has 1 aromatic rings. The van der Waals surface area contributed by atoms with E-state index in [0.29, 0.717) is 12.0 Å². The Morgan fingerprint density at radius 3 is 2.75 bits per heavy atom. The van der Waals surface area contributed by atoms with Crippen molar-refractivity contribution in [3.05, 3.63) is 75.2 Å². The second-order valence-electron chi connectivity index (χ2n) is 7.59. The molecule has 0 radical (unpaired) electrons. The monoisotopic (exact) mass is 455 g/mol. The van der Waals surface area contributed by atoms with Gasteiger partial charge in [-0.2, -0.15) is 0 Å². The summed E-state index contributed by atoms with van der Waals surface area (Å²) < 4.78 is 5.27. The molecule has 1 fully saturated rings.